The second kappa shape index (κ2) is 4.01. The van der Waals surface area contributed by atoms with Gasteiger partial charge in [0.2, 0.25) is 0 Å². The Hall–Kier alpha value is -1.02. The summed E-state index contributed by atoms with van der Waals surface area (Å²) in [6.07, 6.45) is 0. The van der Waals surface area contributed by atoms with Crippen molar-refractivity contribution in [1.82, 2.24) is 0 Å². The van der Waals surface area contributed by atoms with E-state index < -0.39 is 5.60 Å². The lowest BCUT2D eigenvalue weighted by Crippen LogP contribution is -2.29. The van der Waals surface area contributed by atoms with Crippen LogP contribution < -0.4 is 5.32 Å². The molecule has 2 heteroatoms. The molecule has 0 saturated heterocycles. The summed E-state index contributed by atoms with van der Waals surface area (Å²) in [7, 11) is 0. The molecular formula is C12H19NO. The lowest BCUT2D eigenvalue weighted by atomic mass is 10.1. The minimum atomic E-state index is -0.669. The van der Waals surface area contributed by atoms with Gasteiger partial charge in [0.15, 0.2) is 0 Å². The molecule has 78 valence electrons. The lowest BCUT2D eigenvalue weighted by Gasteiger charge is -2.19. The highest BCUT2D eigenvalue weighted by molar-refractivity contribution is 5.52. The highest BCUT2D eigenvalue weighted by atomic mass is 16.3. The van der Waals surface area contributed by atoms with E-state index in [0.717, 1.165) is 5.69 Å². The van der Waals surface area contributed by atoms with Gasteiger partial charge in [0.1, 0.15) is 0 Å². The van der Waals surface area contributed by atoms with Crippen LogP contribution in [0.3, 0.4) is 0 Å². The van der Waals surface area contributed by atoms with Crippen LogP contribution in [0.4, 0.5) is 5.69 Å². The average molecular weight is 193 g/mol. The van der Waals surface area contributed by atoms with Crippen molar-refractivity contribution in [3.05, 3.63) is 29.3 Å². The van der Waals surface area contributed by atoms with Crippen molar-refractivity contribution in [2.75, 3.05) is 11.9 Å². The number of anilines is 1. The van der Waals surface area contributed by atoms with E-state index in [4.69, 9.17) is 0 Å². The van der Waals surface area contributed by atoms with Crippen LogP contribution in [0.25, 0.3) is 0 Å². The van der Waals surface area contributed by atoms with Crippen molar-refractivity contribution in [3.8, 4) is 0 Å². The van der Waals surface area contributed by atoms with Crippen molar-refractivity contribution in [2.24, 2.45) is 0 Å². The zero-order chi connectivity index (χ0) is 10.8. The van der Waals surface area contributed by atoms with Crippen molar-refractivity contribution < 1.29 is 5.11 Å². The Bertz CT molecular complexity index is 313. The summed E-state index contributed by atoms with van der Waals surface area (Å²) in [5.74, 6) is 0. The average Bonchev–Trinajstić information content (AvgIpc) is 2.00. The first-order chi connectivity index (χ1) is 6.38. The van der Waals surface area contributed by atoms with Gasteiger partial charge in [0.05, 0.1) is 5.60 Å². The van der Waals surface area contributed by atoms with Gasteiger partial charge in [-0.1, -0.05) is 17.7 Å². The zero-order valence-electron chi connectivity index (χ0n) is 9.39. The molecule has 0 radical (unpaired) electrons. The van der Waals surface area contributed by atoms with Gasteiger partial charge in [-0.15, -0.1) is 0 Å². The Morgan fingerprint density at radius 1 is 1.29 bits per heavy atom. The molecule has 14 heavy (non-hydrogen) atoms. The Balaban J connectivity index is 2.68. The van der Waals surface area contributed by atoms with Gasteiger partial charge in [-0.3, -0.25) is 0 Å². The molecule has 0 atom stereocenters. The molecule has 0 amide bonds. The van der Waals surface area contributed by atoms with E-state index in [1.54, 1.807) is 13.8 Å². The third-order valence-corrected chi connectivity index (χ3v) is 2.09. The Kier molecular flexibility index (Phi) is 3.17. The number of hydrogen-bond donors (Lipinski definition) is 2. The minimum Gasteiger partial charge on any atom is -0.389 e. The molecule has 0 saturated carbocycles. The second-order valence-corrected chi connectivity index (χ2v) is 4.48. The predicted octanol–water partition coefficient (Wildman–Crippen LogP) is 2.49. The fourth-order valence-electron chi connectivity index (χ4n) is 1.32. The van der Waals surface area contributed by atoms with Gasteiger partial charge in [-0.25, -0.2) is 0 Å². The van der Waals surface area contributed by atoms with Gasteiger partial charge >= 0.3 is 0 Å². The summed E-state index contributed by atoms with van der Waals surface area (Å²) < 4.78 is 0. The summed E-state index contributed by atoms with van der Waals surface area (Å²) in [6, 6.07) is 6.25. The van der Waals surface area contributed by atoms with Crippen molar-refractivity contribution >= 4 is 5.69 Å². The quantitative estimate of drug-likeness (QED) is 0.773. The van der Waals surface area contributed by atoms with Crippen LogP contribution in [0.2, 0.25) is 0 Å². The maximum atomic E-state index is 9.56. The number of aryl methyl sites for hydroxylation is 2. The SMILES string of the molecule is Cc1ccc(NCC(C)(C)O)c(C)c1. The van der Waals surface area contributed by atoms with Crippen LogP contribution in [0.1, 0.15) is 25.0 Å². The Morgan fingerprint density at radius 2 is 1.93 bits per heavy atom. The van der Waals surface area contributed by atoms with Gasteiger partial charge in [0.25, 0.3) is 0 Å². The molecule has 1 aromatic carbocycles. The van der Waals surface area contributed by atoms with Crippen molar-refractivity contribution in [1.29, 1.82) is 0 Å². The number of nitrogens with one attached hydrogen (secondary N) is 1. The first-order valence-corrected chi connectivity index (χ1v) is 4.92. The van der Waals surface area contributed by atoms with Crippen LogP contribution >= 0.6 is 0 Å². The molecule has 1 rings (SSSR count). The third-order valence-electron chi connectivity index (χ3n) is 2.09. The number of hydrogen-bond acceptors (Lipinski definition) is 2. The normalized spacial score (nSPS) is 11.5. The van der Waals surface area contributed by atoms with Gasteiger partial charge in [-0.05, 0) is 39.3 Å². The van der Waals surface area contributed by atoms with Gasteiger partial charge < -0.3 is 10.4 Å². The largest absolute Gasteiger partial charge is 0.389 e. The van der Waals surface area contributed by atoms with E-state index in [-0.39, 0.29) is 0 Å². The molecule has 1 aromatic rings. The maximum absolute atomic E-state index is 9.56. The molecule has 0 aliphatic carbocycles. The van der Waals surface area contributed by atoms with Crippen molar-refractivity contribution in [2.45, 2.75) is 33.3 Å². The molecule has 0 bridgehead atoms. The topological polar surface area (TPSA) is 32.3 Å². The molecule has 0 aliphatic heterocycles. The summed E-state index contributed by atoms with van der Waals surface area (Å²) in [5, 5.41) is 12.8. The molecule has 2 nitrogen and oxygen atoms in total. The Labute approximate surface area is 86.0 Å². The van der Waals surface area contributed by atoms with E-state index in [9.17, 15) is 5.11 Å². The monoisotopic (exact) mass is 193 g/mol. The number of benzene rings is 1. The smallest absolute Gasteiger partial charge is 0.0763 e. The van der Waals surface area contributed by atoms with E-state index in [1.807, 2.05) is 0 Å². The molecule has 0 fully saturated rings. The second-order valence-electron chi connectivity index (χ2n) is 4.48. The predicted molar refractivity (Wildman–Crippen MR) is 60.7 cm³/mol. The standard InChI is InChI=1S/C12H19NO/c1-9-5-6-11(10(2)7-9)13-8-12(3,4)14/h5-7,13-14H,8H2,1-4H3. The summed E-state index contributed by atoms with van der Waals surface area (Å²) in [5.41, 5.74) is 2.90. The molecule has 0 aliphatic rings. The van der Waals surface area contributed by atoms with Gasteiger partial charge in [0, 0.05) is 12.2 Å². The van der Waals surface area contributed by atoms with Crippen LogP contribution in [-0.2, 0) is 0 Å². The zero-order valence-corrected chi connectivity index (χ0v) is 9.39. The summed E-state index contributed by atoms with van der Waals surface area (Å²) in [4.78, 5) is 0. The van der Waals surface area contributed by atoms with Crippen molar-refractivity contribution in [3.63, 3.8) is 0 Å². The number of aliphatic hydroxyl groups is 1. The van der Waals surface area contributed by atoms with E-state index in [2.05, 4.69) is 37.4 Å². The van der Waals surface area contributed by atoms with Crippen LogP contribution in [0.15, 0.2) is 18.2 Å². The van der Waals surface area contributed by atoms with E-state index in [1.165, 1.54) is 11.1 Å². The number of rotatable bonds is 3. The molecule has 0 aromatic heterocycles. The van der Waals surface area contributed by atoms with Crippen LogP contribution in [0.5, 0.6) is 0 Å². The third kappa shape index (κ3) is 3.38. The molecular weight excluding hydrogens is 174 g/mol. The molecule has 2 N–H and O–H groups in total. The van der Waals surface area contributed by atoms with Gasteiger partial charge in [-0.2, -0.15) is 0 Å². The first kappa shape index (κ1) is 11.1. The molecule has 0 unspecified atom stereocenters. The highest BCUT2D eigenvalue weighted by Crippen LogP contribution is 2.16. The summed E-state index contributed by atoms with van der Waals surface area (Å²) >= 11 is 0. The van der Waals surface area contributed by atoms with Crippen LogP contribution in [-0.4, -0.2) is 17.3 Å². The minimum absolute atomic E-state index is 0.566. The van der Waals surface area contributed by atoms with Crippen LogP contribution in [0, 0.1) is 13.8 Å². The lowest BCUT2D eigenvalue weighted by molar-refractivity contribution is 0.0945. The maximum Gasteiger partial charge on any atom is 0.0763 e. The summed E-state index contributed by atoms with van der Waals surface area (Å²) in [6.45, 7) is 8.30. The fourth-order valence-corrected chi connectivity index (χ4v) is 1.32. The van der Waals surface area contributed by atoms with E-state index >= 15 is 0 Å². The first-order valence-electron chi connectivity index (χ1n) is 4.92. The highest BCUT2D eigenvalue weighted by Gasteiger charge is 2.11. The molecule has 0 spiro atoms. The Morgan fingerprint density at radius 3 is 2.43 bits per heavy atom. The van der Waals surface area contributed by atoms with E-state index in [0.29, 0.717) is 6.54 Å². The molecule has 0 heterocycles. The fraction of sp³-hybridized carbons (Fsp3) is 0.500.